The first-order valence-corrected chi connectivity index (χ1v) is 10.8. The molecule has 150 valence electrons. The lowest BCUT2D eigenvalue weighted by atomic mass is 10.2. The van der Waals surface area contributed by atoms with Gasteiger partial charge in [0.25, 0.3) is 0 Å². The van der Waals surface area contributed by atoms with Crippen molar-refractivity contribution >= 4 is 17.7 Å². The second-order valence-corrected chi connectivity index (χ2v) is 8.49. The van der Waals surface area contributed by atoms with Gasteiger partial charge in [-0.1, -0.05) is 72.4 Å². The van der Waals surface area contributed by atoms with Gasteiger partial charge in [-0.15, -0.1) is 5.10 Å². The van der Waals surface area contributed by atoms with Crippen LogP contribution in [0.15, 0.2) is 65.8 Å². The number of hydrogen-bond donors (Lipinski definition) is 1. The Kier molecular flexibility index (Phi) is 6.27. The zero-order chi connectivity index (χ0) is 20.1. The molecule has 0 radical (unpaired) electrons. The second kappa shape index (κ2) is 9.24. The molecule has 1 atom stereocenters. The molecule has 7 heteroatoms. The van der Waals surface area contributed by atoms with Gasteiger partial charge in [-0.2, -0.15) is 0 Å². The van der Waals surface area contributed by atoms with Crippen LogP contribution in [-0.2, 0) is 11.3 Å². The highest BCUT2D eigenvalue weighted by Crippen LogP contribution is 2.24. The molecule has 29 heavy (non-hydrogen) atoms. The van der Waals surface area contributed by atoms with E-state index in [1.165, 1.54) is 17.3 Å². The monoisotopic (exact) mass is 407 g/mol. The third-order valence-corrected chi connectivity index (χ3v) is 6.02. The van der Waals surface area contributed by atoms with E-state index < -0.39 is 0 Å². The number of carbonyl (C=O) groups excluding carboxylic acids is 1. The van der Waals surface area contributed by atoms with Crippen molar-refractivity contribution in [2.24, 2.45) is 0 Å². The van der Waals surface area contributed by atoms with Gasteiger partial charge in [-0.25, -0.2) is 4.98 Å². The molecule has 0 saturated carbocycles. The number of nitrogens with one attached hydrogen (secondary N) is 1. The summed E-state index contributed by atoms with van der Waals surface area (Å²) in [5, 5.41) is 7.62. The number of carbonyl (C=O) groups is 1. The summed E-state index contributed by atoms with van der Waals surface area (Å²) < 4.78 is 0. The average Bonchev–Trinajstić information content (AvgIpc) is 3.23. The number of nitrogens with zero attached hydrogens (tertiary/aromatic N) is 4. The molecule has 0 spiro atoms. The highest BCUT2D eigenvalue weighted by atomic mass is 32.2. The summed E-state index contributed by atoms with van der Waals surface area (Å²) in [7, 11) is 0. The molecule has 1 N–H and O–H groups in total. The molecular formula is C22H25N5OS. The predicted octanol–water partition coefficient (Wildman–Crippen LogP) is 3.30. The van der Waals surface area contributed by atoms with Crippen LogP contribution in [0.4, 0.5) is 0 Å². The number of H-pyrrole nitrogens is 1. The maximum absolute atomic E-state index is 12.9. The lowest BCUT2D eigenvalue weighted by Gasteiger charge is -2.35. The topological polar surface area (TPSA) is 65.1 Å². The highest BCUT2D eigenvalue weighted by Gasteiger charge is 2.26. The standard InChI is InChI=1S/C22H25N5OS/c1-17(29-22-23-20(24-25-22)19-10-6-3-7-11-19)21(28)27-14-12-26(13-15-27)16-18-8-4-2-5-9-18/h2-11,17H,12-16H2,1H3,(H,23,24,25). The van der Waals surface area contributed by atoms with E-state index >= 15 is 0 Å². The fourth-order valence-electron chi connectivity index (χ4n) is 3.46. The smallest absolute Gasteiger partial charge is 0.235 e. The van der Waals surface area contributed by atoms with E-state index in [9.17, 15) is 4.79 Å². The average molecular weight is 408 g/mol. The van der Waals surface area contributed by atoms with Gasteiger partial charge in [0.15, 0.2) is 5.82 Å². The van der Waals surface area contributed by atoms with Crippen molar-refractivity contribution < 1.29 is 4.79 Å². The Labute approximate surface area is 175 Å². The van der Waals surface area contributed by atoms with Crippen molar-refractivity contribution in [3.63, 3.8) is 0 Å². The van der Waals surface area contributed by atoms with Gasteiger partial charge in [0.2, 0.25) is 11.1 Å². The summed E-state index contributed by atoms with van der Waals surface area (Å²) in [5.41, 5.74) is 2.30. The number of piperazine rings is 1. The van der Waals surface area contributed by atoms with Crippen molar-refractivity contribution in [3.8, 4) is 11.4 Å². The summed E-state index contributed by atoms with van der Waals surface area (Å²) in [6.07, 6.45) is 0. The quantitative estimate of drug-likeness (QED) is 0.635. The zero-order valence-electron chi connectivity index (χ0n) is 16.5. The molecule has 1 aliphatic heterocycles. The number of thioether (sulfide) groups is 1. The fourth-order valence-corrected chi connectivity index (χ4v) is 4.27. The molecule has 1 amide bonds. The summed E-state index contributed by atoms with van der Waals surface area (Å²) in [5.74, 6) is 0.877. The molecule has 0 aliphatic carbocycles. The van der Waals surface area contributed by atoms with Crippen LogP contribution >= 0.6 is 11.8 Å². The molecule has 1 fully saturated rings. The van der Waals surface area contributed by atoms with Crippen LogP contribution < -0.4 is 0 Å². The van der Waals surface area contributed by atoms with Gasteiger partial charge in [-0.05, 0) is 12.5 Å². The highest BCUT2D eigenvalue weighted by molar-refractivity contribution is 8.00. The molecule has 2 aromatic carbocycles. The first-order valence-electron chi connectivity index (χ1n) is 9.88. The largest absolute Gasteiger partial charge is 0.339 e. The third kappa shape index (κ3) is 5.05. The molecule has 1 unspecified atom stereocenters. The fraction of sp³-hybridized carbons (Fsp3) is 0.318. The Morgan fingerprint density at radius 2 is 1.69 bits per heavy atom. The molecular weight excluding hydrogens is 382 g/mol. The lowest BCUT2D eigenvalue weighted by Crippen LogP contribution is -2.50. The van der Waals surface area contributed by atoms with Crippen LogP contribution in [0.1, 0.15) is 12.5 Å². The molecule has 3 aromatic rings. The van der Waals surface area contributed by atoms with E-state index in [4.69, 9.17) is 0 Å². The van der Waals surface area contributed by atoms with Crippen LogP contribution in [0.25, 0.3) is 11.4 Å². The van der Waals surface area contributed by atoms with Gasteiger partial charge >= 0.3 is 0 Å². The zero-order valence-corrected chi connectivity index (χ0v) is 17.3. The van der Waals surface area contributed by atoms with Crippen molar-refractivity contribution in [1.29, 1.82) is 0 Å². The third-order valence-electron chi connectivity index (χ3n) is 5.08. The molecule has 1 saturated heterocycles. The van der Waals surface area contributed by atoms with Crippen LogP contribution in [0.5, 0.6) is 0 Å². The molecule has 2 heterocycles. The number of amides is 1. The van der Waals surface area contributed by atoms with Gasteiger partial charge < -0.3 is 4.90 Å². The Morgan fingerprint density at radius 1 is 1.03 bits per heavy atom. The van der Waals surface area contributed by atoms with Crippen LogP contribution in [0, 0.1) is 0 Å². The first-order chi connectivity index (χ1) is 14.2. The van der Waals surface area contributed by atoms with E-state index in [1.807, 2.05) is 48.2 Å². The maximum atomic E-state index is 12.9. The Balaban J connectivity index is 1.28. The molecule has 4 rings (SSSR count). The van der Waals surface area contributed by atoms with E-state index in [1.54, 1.807) is 0 Å². The minimum Gasteiger partial charge on any atom is -0.339 e. The van der Waals surface area contributed by atoms with Crippen molar-refractivity contribution in [2.75, 3.05) is 26.2 Å². The van der Waals surface area contributed by atoms with Crippen molar-refractivity contribution in [3.05, 3.63) is 66.2 Å². The molecule has 1 aliphatic rings. The first kappa shape index (κ1) is 19.7. The van der Waals surface area contributed by atoms with Crippen molar-refractivity contribution in [2.45, 2.75) is 23.9 Å². The van der Waals surface area contributed by atoms with Crippen LogP contribution in [0.3, 0.4) is 0 Å². The van der Waals surface area contributed by atoms with Crippen LogP contribution in [-0.4, -0.2) is 62.3 Å². The maximum Gasteiger partial charge on any atom is 0.235 e. The van der Waals surface area contributed by atoms with Gasteiger partial charge in [-0.3, -0.25) is 14.8 Å². The van der Waals surface area contributed by atoms with E-state index in [2.05, 4.69) is 44.3 Å². The van der Waals surface area contributed by atoms with E-state index in [0.717, 1.165) is 44.1 Å². The predicted molar refractivity (Wildman–Crippen MR) is 115 cm³/mol. The Bertz CT molecular complexity index is 923. The lowest BCUT2D eigenvalue weighted by molar-refractivity contribution is -0.132. The minimum absolute atomic E-state index is 0.153. The minimum atomic E-state index is -0.213. The summed E-state index contributed by atoms with van der Waals surface area (Å²) in [6, 6.07) is 20.3. The normalized spacial score (nSPS) is 16.0. The number of aromatic nitrogens is 3. The van der Waals surface area contributed by atoms with Gasteiger partial charge in [0.05, 0.1) is 5.25 Å². The summed E-state index contributed by atoms with van der Waals surface area (Å²) in [4.78, 5) is 21.8. The molecule has 6 nitrogen and oxygen atoms in total. The Hall–Kier alpha value is -2.64. The number of hydrogen-bond acceptors (Lipinski definition) is 5. The number of aromatic amines is 1. The molecule has 0 bridgehead atoms. The SMILES string of the molecule is CC(Sc1n[nH]c(-c2ccccc2)n1)C(=O)N1CCN(Cc2ccccc2)CC1. The number of benzene rings is 2. The summed E-state index contributed by atoms with van der Waals surface area (Å²) >= 11 is 1.41. The van der Waals surface area contributed by atoms with Gasteiger partial charge in [0, 0.05) is 38.3 Å². The second-order valence-electron chi connectivity index (χ2n) is 7.18. The van der Waals surface area contributed by atoms with E-state index in [-0.39, 0.29) is 11.2 Å². The number of rotatable bonds is 6. The Morgan fingerprint density at radius 3 is 2.38 bits per heavy atom. The summed E-state index contributed by atoms with van der Waals surface area (Å²) in [6.45, 7) is 6.20. The van der Waals surface area contributed by atoms with Crippen LogP contribution in [0.2, 0.25) is 0 Å². The van der Waals surface area contributed by atoms with E-state index in [0.29, 0.717) is 5.16 Å². The molecule has 1 aromatic heterocycles. The van der Waals surface area contributed by atoms with Crippen molar-refractivity contribution in [1.82, 2.24) is 25.0 Å². The van der Waals surface area contributed by atoms with Gasteiger partial charge in [0.1, 0.15) is 0 Å².